The molecule has 146 valence electrons. The summed E-state index contributed by atoms with van der Waals surface area (Å²) in [5, 5.41) is 11.6. The van der Waals surface area contributed by atoms with Gasteiger partial charge in [-0.05, 0) is 62.4 Å². The van der Waals surface area contributed by atoms with Crippen LogP contribution in [-0.2, 0) is 11.3 Å². The summed E-state index contributed by atoms with van der Waals surface area (Å²) in [6, 6.07) is 25.5. The van der Waals surface area contributed by atoms with Crippen molar-refractivity contribution in [2.75, 3.05) is 10.2 Å². The minimum Gasteiger partial charge on any atom is -0.356 e. The van der Waals surface area contributed by atoms with E-state index in [0.29, 0.717) is 0 Å². The highest BCUT2D eigenvalue weighted by atomic mass is 16.2. The fraction of sp³-hybridized carbons (Fsp3) is 0.174. The van der Waals surface area contributed by atoms with E-state index in [2.05, 4.69) is 15.6 Å². The first-order chi connectivity index (χ1) is 14.1. The van der Waals surface area contributed by atoms with Gasteiger partial charge in [0.1, 0.15) is 12.1 Å². The van der Waals surface area contributed by atoms with Crippen molar-refractivity contribution in [1.82, 2.24) is 15.0 Å². The fourth-order valence-corrected chi connectivity index (χ4v) is 3.36. The quantitative estimate of drug-likeness (QED) is 0.526. The Morgan fingerprint density at radius 3 is 2.31 bits per heavy atom. The number of carbonyl (C=O) groups is 1. The average molecular weight is 385 g/mol. The monoisotopic (exact) mass is 385 g/mol. The van der Waals surface area contributed by atoms with E-state index in [1.165, 1.54) is 0 Å². The zero-order valence-corrected chi connectivity index (χ0v) is 16.5. The topological polar surface area (TPSA) is 63.1 Å². The number of hydrogen-bond donors (Lipinski definition) is 1. The zero-order chi connectivity index (χ0) is 20.2. The highest BCUT2D eigenvalue weighted by Gasteiger charge is 2.20. The summed E-state index contributed by atoms with van der Waals surface area (Å²) in [6.45, 7) is 4.16. The predicted molar refractivity (Wildman–Crippen MR) is 116 cm³/mol. The van der Waals surface area contributed by atoms with E-state index in [9.17, 15) is 4.79 Å². The third-order valence-electron chi connectivity index (χ3n) is 4.70. The van der Waals surface area contributed by atoms with Crippen LogP contribution in [0.2, 0.25) is 0 Å². The van der Waals surface area contributed by atoms with Crippen LogP contribution in [0.15, 0.2) is 78.9 Å². The van der Waals surface area contributed by atoms with E-state index in [-0.39, 0.29) is 18.5 Å². The van der Waals surface area contributed by atoms with Crippen LogP contribution in [0, 0.1) is 0 Å². The van der Waals surface area contributed by atoms with Crippen LogP contribution in [0.3, 0.4) is 0 Å². The zero-order valence-electron chi connectivity index (χ0n) is 16.5. The van der Waals surface area contributed by atoms with Crippen LogP contribution in [0.4, 0.5) is 17.1 Å². The van der Waals surface area contributed by atoms with Gasteiger partial charge >= 0.3 is 0 Å². The van der Waals surface area contributed by atoms with Crippen LogP contribution < -0.4 is 10.2 Å². The van der Waals surface area contributed by atoms with Crippen LogP contribution in [-0.4, -0.2) is 26.9 Å². The molecule has 1 N–H and O–H groups in total. The number of hydrogen-bond acceptors (Lipinski definition) is 4. The molecule has 1 aromatic heterocycles. The lowest BCUT2D eigenvalue weighted by Crippen LogP contribution is -2.39. The molecule has 4 aromatic rings. The maximum Gasteiger partial charge on any atom is 0.249 e. The number of nitrogens with one attached hydrogen (secondary N) is 1. The van der Waals surface area contributed by atoms with E-state index >= 15 is 0 Å². The number of para-hydroxylation sites is 2. The van der Waals surface area contributed by atoms with Gasteiger partial charge in [-0.2, -0.15) is 0 Å². The second kappa shape index (κ2) is 8.14. The molecule has 4 rings (SSSR count). The molecular weight excluding hydrogens is 362 g/mol. The van der Waals surface area contributed by atoms with Crippen molar-refractivity contribution >= 4 is 34.0 Å². The van der Waals surface area contributed by atoms with Gasteiger partial charge in [-0.15, -0.1) is 5.10 Å². The smallest absolute Gasteiger partial charge is 0.249 e. The molecule has 0 aliphatic carbocycles. The number of rotatable bonds is 6. The molecule has 0 aliphatic rings. The summed E-state index contributed by atoms with van der Waals surface area (Å²) >= 11 is 0. The van der Waals surface area contributed by atoms with Crippen molar-refractivity contribution in [2.24, 2.45) is 0 Å². The van der Waals surface area contributed by atoms with Crippen molar-refractivity contribution < 1.29 is 4.79 Å². The van der Waals surface area contributed by atoms with Crippen LogP contribution >= 0.6 is 0 Å². The van der Waals surface area contributed by atoms with Crippen molar-refractivity contribution in [3.63, 3.8) is 0 Å². The molecule has 29 heavy (non-hydrogen) atoms. The SMILES string of the molecule is CC(C)N(C(=O)Cn1nnc2ccccc21)c1ccc(Nc2ccccc2)cc1. The highest BCUT2D eigenvalue weighted by Crippen LogP contribution is 2.23. The molecule has 1 amide bonds. The maximum absolute atomic E-state index is 13.1. The molecule has 6 nitrogen and oxygen atoms in total. The van der Waals surface area contributed by atoms with E-state index in [1.54, 1.807) is 9.58 Å². The minimum atomic E-state index is -0.0283. The molecule has 0 aliphatic heterocycles. The van der Waals surface area contributed by atoms with E-state index in [4.69, 9.17) is 0 Å². The van der Waals surface area contributed by atoms with Gasteiger partial charge in [0, 0.05) is 23.1 Å². The standard InChI is InChI=1S/C23H23N5O/c1-17(2)28(23(29)16-27-22-11-7-6-10-21(22)25-26-27)20-14-12-19(13-15-20)24-18-8-4-3-5-9-18/h3-15,17,24H,16H2,1-2H3. The van der Waals surface area contributed by atoms with Gasteiger partial charge in [0.2, 0.25) is 5.91 Å². The second-order valence-electron chi connectivity index (χ2n) is 7.13. The number of aromatic nitrogens is 3. The summed E-state index contributed by atoms with van der Waals surface area (Å²) in [7, 11) is 0. The van der Waals surface area contributed by atoms with Gasteiger partial charge in [-0.1, -0.05) is 35.5 Å². The normalized spacial score (nSPS) is 11.0. The Morgan fingerprint density at radius 1 is 0.931 bits per heavy atom. The summed E-state index contributed by atoms with van der Waals surface area (Å²) in [5.41, 5.74) is 4.49. The Hall–Kier alpha value is -3.67. The van der Waals surface area contributed by atoms with E-state index in [1.807, 2.05) is 92.7 Å². The van der Waals surface area contributed by atoms with Crippen molar-refractivity contribution in [1.29, 1.82) is 0 Å². The lowest BCUT2D eigenvalue weighted by atomic mass is 10.2. The van der Waals surface area contributed by atoms with Gasteiger partial charge in [0.05, 0.1) is 5.52 Å². The third kappa shape index (κ3) is 4.11. The maximum atomic E-state index is 13.1. The molecule has 0 saturated heterocycles. The Morgan fingerprint density at radius 2 is 1.59 bits per heavy atom. The molecule has 0 atom stereocenters. The lowest BCUT2D eigenvalue weighted by molar-refractivity contribution is -0.119. The number of nitrogens with zero attached hydrogens (tertiary/aromatic N) is 4. The fourth-order valence-electron chi connectivity index (χ4n) is 3.36. The van der Waals surface area contributed by atoms with Crippen LogP contribution in [0.25, 0.3) is 11.0 Å². The molecule has 0 fully saturated rings. The largest absolute Gasteiger partial charge is 0.356 e. The highest BCUT2D eigenvalue weighted by molar-refractivity contribution is 5.94. The minimum absolute atomic E-state index is 0.0187. The number of anilines is 3. The molecule has 3 aromatic carbocycles. The van der Waals surface area contributed by atoms with Gasteiger partial charge < -0.3 is 10.2 Å². The Labute approximate surface area is 169 Å². The van der Waals surface area contributed by atoms with E-state index < -0.39 is 0 Å². The summed E-state index contributed by atoms with van der Waals surface area (Å²) < 4.78 is 1.65. The Bertz CT molecular complexity index is 1100. The summed E-state index contributed by atoms with van der Waals surface area (Å²) in [6.07, 6.45) is 0. The molecule has 0 spiro atoms. The number of amides is 1. The molecule has 6 heteroatoms. The summed E-state index contributed by atoms with van der Waals surface area (Å²) in [4.78, 5) is 14.9. The summed E-state index contributed by atoms with van der Waals surface area (Å²) in [5.74, 6) is -0.0283. The van der Waals surface area contributed by atoms with Gasteiger partial charge in [-0.25, -0.2) is 4.68 Å². The second-order valence-corrected chi connectivity index (χ2v) is 7.13. The molecule has 0 radical (unpaired) electrons. The van der Waals surface area contributed by atoms with Crippen LogP contribution in [0.1, 0.15) is 13.8 Å². The van der Waals surface area contributed by atoms with Crippen molar-refractivity contribution in [3.8, 4) is 0 Å². The lowest BCUT2D eigenvalue weighted by Gasteiger charge is -2.27. The van der Waals surface area contributed by atoms with Gasteiger partial charge in [0.15, 0.2) is 0 Å². The number of benzene rings is 3. The van der Waals surface area contributed by atoms with E-state index in [0.717, 1.165) is 28.1 Å². The van der Waals surface area contributed by atoms with Crippen molar-refractivity contribution in [3.05, 3.63) is 78.9 Å². The number of fused-ring (bicyclic) bond motifs is 1. The molecule has 1 heterocycles. The molecule has 0 unspecified atom stereocenters. The van der Waals surface area contributed by atoms with Gasteiger partial charge in [-0.3, -0.25) is 4.79 Å². The first-order valence-corrected chi connectivity index (χ1v) is 9.64. The molecule has 0 bridgehead atoms. The Balaban J connectivity index is 1.53. The predicted octanol–water partition coefficient (Wildman–Crippen LogP) is 4.62. The van der Waals surface area contributed by atoms with Crippen LogP contribution in [0.5, 0.6) is 0 Å². The molecular formula is C23H23N5O. The Kier molecular flexibility index (Phi) is 5.24. The average Bonchev–Trinajstić information content (AvgIpc) is 3.13. The first-order valence-electron chi connectivity index (χ1n) is 9.64. The van der Waals surface area contributed by atoms with Gasteiger partial charge in [0.25, 0.3) is 0 Å². The molecule has 0 saturated carbocycles. The number of carbonyl (C=O) groups excluding carboxylic acids is 1. The first kappa shape index (κ1) is 18.7. The van der Waals surface area contributed by atoms with Crippen molar-refractivity contribution in [2.45, 2.75) is 26.4 Å². The third-order valence-corrected chi connectivity index (χ3v) is 4.70.